The average molecular weight is 591 g/mol. The van der Waals surface area contributed by atoms with Gasteiger partial charge in [0.15, 0.2) is 0 Å². The number of carbonyl (C=O) groups excluding carboxylic acids is 2. The van der Waals surface area contributed by atoms with E-state index in [0.717, 1.165) is 34.6 Å². The maximum atomic E-state index is 12.0. The second kappa shape index (κ2) is 17.8. The number of hydrogen-bond acceptors (Lipinski definition) is 6. The summed E-state index contributed by atoms with van der Waals surface area (Å²) in [5.74, 6) is 0.295. The van der Waals surface area contributed by atoms with Gasteiger partial charge >= 0.3 is 11.9 Å². The highest BCUT2D eigenvalue weighted by atomic mass is 16.5. The van der Waals surface area contributed by atoms with E-state index in [2.05, 4.69) is 57.3 Å². The van der Waals surface area contributed by atoms with Gasteiger partial charge in [-0.1, -0.05) is 89.1 Å². The summed E-state index contributed by atoms with van der Waals surface area (Å²) in [6, 6.07) is 13.1. The second-order valence-electron chi connectivity index (χ2n) is 11.8. The predicted octanol–water partition coefficient (Wildman–Crippen LogP) is 7.04. The molecule has 0 unspecified atom stereocenters. The number of esters is 2. The van der Waals surface area contributed by atoms with E-state index in [1.165, 1.54) is 62.5 Å². The largest absolute Gasteiger partial charge is 0.462 e. The summed E-state index contributed by atoms with van der Waals surface area (Å²) in [5.41, 5.74) is 7.13. The van der Waals surface area contributed by atoms with Crippen LogP contribution in [0.1, 0.15) is 93.4 Å². The van der Waals surface area contributed by atoms with Crippen molar-refractivity contribution in [2.75, 3.05) is 26.4 Å². The van der Waals surface area contributed by atoms with E-state index in [1.807, 2.05) is 6.07 Å². The predicted molar refractivity (Wildman–Crippen MR) is 172 cm³/mol. The van der Waals surface area contributed by atoms with Crippen LogP contribution >= 0.6 is 0 Å². The normalized spacial score (nSPS) is 16.5. The van der Waals surface area contributed by atoms with Crippen molar-refractivity contribution >= 4 is 11.9 Å². The Balaban J connectivity index is 1.76. The van der Waals surface area contributed by atoms with Crippen LogP contribution in [0.15, 0.2) is 60.7 Å². The summed E-state index contributed by atoms with van der Waals surface area (Å²) in [4.78, 5) is 24.0. The third-order valence-corrected chi connectivity index (χ3v) is 8.73. The molecule has 1 aliphatic rings. The number of aryl methyl sites for hydroxylation is 1. The SMILES string of the molecule is C=C(CO)C(=O)OCCc1ccc(-c2ccc(C3CCC(CCCCC)CC3)c(CC)c2)cc1CCOC(=O)C(=C)CO. The Morgan fingerprint density at radius 2 is 1.33 bits per heavy atom. The van der Waals surface area contributed by atoms with Crippen LogP contribution in [0, 0.1) is 5.92 Å². The fourth-order valence-corrected chi connectivity index (χ4v) is 6.06. The maximum absolute atomic E-state index is 12.0. The van der Waals surface area contributed by atoms with E-state index in [0.29, 0.717) is 18.8 Å². The van der Waals surface area contributed by atoms with Gasteiger partial charge < -0.3 is 19.7 Å². The average Bonchev–Trinajstić information content (AvgIpc) is 3.04. The molecule has 1 fully saturated rings. The summed E-state index contributed by atoms with van der Waals surface area (Å²) in [7, 11) is 0. The third-order valence-electron chi connectivity index (χ3n) is 8.73. The first kappa shape index (κ1) is 34.3. The summed E-state index contributed by atoms with van der Waals surface area (Å²) < 4.78 is 10.6. The van der Waals surface area contributed by atoms with Crippen molar-refractivity contribution in [3.63, 3.8) is 0 Å². The Morgan fingerprint density at radius 3 is 1.88 bits per heavy atom. The number of hydrogen-bond donors (Lipinski definition) is 2. The van der Waals surface area contributed by atoms with E-state index >= 15 is 0 Å². The van der Waals surface area contributed by atoms with Gasteiger partial charge in [0, 0.05) is 12.8 Å². The van der Waals surface area contributed by atoms with E-state index in [-0.39, 0.29) is 24.4 Å². The minimum absolute atomic E-state index is 0.0155. The first-order chi connectivity index (χ1) is 20.8. The van der Waals surface area contributed by atoms with Gasteiger partial charge in [-0.05, 0) is 77.3 Å². The molecule has 0 amide bonds. The zero-order valence-electron chi connectivity index (χ0n) is 26.2. The summed E-state index contributed by atoms with van der Waals surface area (Å²) >= 11 is 0. The molecule has 43 heavy (non-hydrogen) atoms. The zero-order chi connectivity index (χ0) is 31.2. The maximum Gasteiger partial charge on any atom is 0.335 e. The van der Waals surface area contributed by atoms with Crippen LogP contribution < -0.4 is 0 Å². The molecule has 0 radical (unpaired) electrons. The molecular formula is C37H50O6. The number of benzene rings is 2. The van der Waals surface area contributed by atoms with Gasteiger partial charge in [-0.3, -0.25) is 0 Å². The minimum atomic E-state index is -0.616. The third kappa shape index (κ3) is 10.2. The molecule has 0 heterocycles. The Kier molecular flexibility index (Phi) is 14.2. The van der Waals surface area contributed by atoms with Crippen LogP contribution in [0.2, 0.25) is 0 Å². The molecule has 6 heteroatoms. The molecule has 2 aromatic rings. The molecular weight excluding hydrogens is 540 g/mol. The molecule has 1 aliphatic carbocycles. The molecule has 0 saturated heterocycles. The van der Waals surface area contributed by atoms with Crippen molar-refractivity contribution in [3.8, 4) is 11.1 Å². The highest BCUT2D eigenvalue weighted by molar-refractivity contribution is 5.88. The lowest BCUT2D eigenvalue weighted by molar-refractivity contribution is -0.140. The van der Waals surface area contributed by atoms with Crippen molar-refractivity contribution in [3.05, 3.63) is 83.0 Å². The van der Waals surface area contributed by atoms with Gasteiger partial charge in [-0.25, -0.2) is 9.59 Å². The molecule has 2 aromatic carbocycles. The summed E-state index contributed by atoms with van der Waals surface area (Å²) in [6.07, 6.45) is 12.5. The highest BCUT2D eigenvalue weighted by Crippen LogP contribution is 2.40. The van der Waals surface area contributed by atoms with Crippen molar-refractivity contribution in [2.45, 2.75) is 90.4 Å². The molecule has 0 aliphatic heterocycles. The Bertz CT molecular complexity index is 1240. The van der Waals surface area contributed by atoms with Gasteiger partial charge in [0.2, 0.25) is 0 Å². The lowest BCUT2D eigenvalue weighted by Gasteiger charge is -2.30. The van der Waals surface area contributed by atoms with Crippen molar-refractivity contribution in [2.24, 2.45) is 5.92 Å². The molecule has 0 atom stereocenters. The first-order valence-corrected chi connectivity index (χ1v) is 16.0. The Hall–Kier alpha value is -3.22. The van der Waals surface area contributed by atoms with Crippen molar-refractivity contribution in [1.29, 1.82) is 0 Å². The number of carbonyl (C=O) groups is 2. The van der Waals surface area contributed by atoms with Gasteiger partial charge in [-0.2, -0.15) is 0 Å². The topological polar surface area (TPSA) is 93.1 Å². The molecule has 3 rings (SSSR count). The molecule has 2 N–H and O–H groups in total. The standard InChI is InChI=1S/C37H50O6/c1-5-7-8-9-28-10-12-31(13-11-28)35-17-16-33(22-29(35)6-2)32-15-14-30(18-20-42-36(40)26(3)24-38)34(23-32)19-21-43-37(41)27(4)25-39/h14-17,22-23,28,31,38-39H,3-13,18-21,24-25H2,1-2H3. The van der Waals surface area contributed by atoms with E-state index < -0.39 is 25.2 Å². The van der Waals surface area contributed by atoms with Gasteiger partial charge in [0.25, 0.3) is 0 Å². The van der Waals surface area contributed by atoms with E-state index in [4.69, 9.17) is 19.7 Å². The van der Waals surface area contributed by atoms with Crippen molar-refractivity contribution in [1.82, 2.24) is 0 Å². The van der Waals surface area contributed by atoms with Crippen molar-refractivity contribution < 1.29 is 29.3 Å². The summed E-state index contributed by atoms with van der Waals surface area (Å²) in [5, 5.41) is 18.3. The fourth-order valence-electron chi connectivity index (χ4n) is 6.06. The van der Waals surface area contributed by atoms with Gasteiger partial charge in [-0.15, -0.1) is 0 Å². The lowest BCUT2D eigenvalue weighted by Crippen LogP contribution is -2.14. The van der Waals surface area contributed by atoms with Crippen LogP contribution in [0.3, 0.4) is 0 Å². The molecule has 6 nitrogen and oxygen atoms in total. The Labute approximate surface area is 257 Å². The van der Waals surface area contributed by atoms with Crippen LogP contribution in [-0.4, -0.2) is 48.6 Å². The van der Waals surface area contributed by atoms with Gasteiger partial charge in [0.05, 0.1) is 37.6 Å². The number of aliphatic hydroxyl groups excluding tert-OH is 2. The van der Waals surface area contributed by atoms with Crippen LogP contribution in [0.4, 0.5) is 0 Å². The first-order valence-electron chi connectivity index (χ1n) is 16.0. The lowest BCUT2D eigenvalue weighted by atomic mass is 9.75. The van der Waals surface area contributed by atoms with Crippen LogP contribution in [0.5, 0.6) is 0 Å². The molecule has 0 spiro atoms. The monoisotopic (exact) mass is 590 g/mol. The second-order valence-corrected chi connectivity index (χ2v) is 11.8. The number of aliphatic hydroxyl groups is 2. The minimum Gasteiger partial charge on any atom is -0.462 e. The zero-order valence-corrected chi connectivity index (χ0v) is 26.2. The Morgan fingerprint density at radius 1 is 0.767 bits per heavy atom. The number of unbranched alkanes of at least 4 members (excludes halogenated alkanes) is 2. The fraction of sp³-hybridized carbons (Fsp3) is 0.514. The molecule has 0 bridgehead atoms. The summed E-state index contributed by atoms with van der Waals surface area (Å²) in [6.45, 7) is 10.9. The molecule has 234 valence electrons. The number of ether oxygens (including phenoxy) is 2. The van der Waals surface area contributed by atoms with Crippen LogP contribution in [0.25, 0.3) is 11.1 Å². The smallest absolute Gasteiger partial charge is 0.335 e. The highest BCUT2D eigenvalue weighted by Gasteiger charge is 2.24. The molecule has 0 aromatic heterocycles. The molecule has 1 saturated carbocycles. The van der Waals surface area contributed by atoms with E-state index in [9.17, 15) is 9.59 Å². The van der Waals surface area contributed by atoms with E-state index in [1.54, 1.807) is 0 Å². The van der Waals surface area contributed by atoms with Crippen LogP contribution in [-0.2, 0) is 38.3 Å². The number of rotatable bonds is 17. The van der Waals surface area contributed by atoms with Gasteiger partial charge in [0.1, 0.15) is 0 Å². The quantitative estimate of drug-likeness (QED) is 0.117.